The predicted octanol–water partition coefficient (Wildman–Crippen LogP) is 1.36. The number of H-pyrrole nitrogens is 2. The molecule has 36 heavy (non-hydrogen) atoms. The van der Waals surface area contributed by atoms with Gasteiger partial charge in [-0.1, -0.05) is 13.8 Å². The molecule has 2 aromatic carbocycles. The first kappa shape index (κ1) is 26.2. The molecular weight excluding hydrogens is 490 g/mol. The number of anilines is 1. The summed E-state index contributed by atoms with van der Waals surface area (Å²) in [5, 5.41) is 0. The summed E-state index contributed by atoms with van der Waals surface area (Å²) < 4.78 is 32.5. The highest BCUT2D eigenvalue weighted by Gasteiger charge is 2.19. The van der Waals surface area contributed by atoms with Crippen molar-refractivity contribution in [3.05, 3.63) is 86.7 Å². The van der Waals surface area contributed by atoms with Gasteiger partial charge in [0, 0.05) is 23.0 Å². The second-order valence-electron chi connectivity index (χ2n) is 8.08. The summed E-state index contributed by atoms with van der Waals surface area (Å²) >= 11 is 0. The molecule has 13 heteroatoms. The normalized spacial score (nSPS) is 11.1. The van der Waals surface area contributed by atoms with Crippen LogP contribution in [-0.2, 0) is 10.0 Å². The Morgan fingerprint density at radius 1 is 0.917 bits per heavy atom. The molecule has 0 aliphatic heterocycles. The van der Waals surface area contributed by atoms with Crippen molar-refractivity contribution >= 4 is 27.5 Å². The number of aromatic amines is 2. The van der Waals surface area contributed by atoms with E-state index in [9.17, 15) is 27.6 Å². The molecule has 0 saturated carbocycles. The zero-order valence-corrected chi connectivity index (χ0v) is 20.3. The van der Waals surface area contributed by atoms with Gasteiger partial charge < -0.3 is 9.72 Å². The van der Waals surface area contributed by atoms with Crippen LogP contribution in [0.2, 0.25) is 0 Å². The maximum Gasteiger partial charge on any atom is 0.325 e. The van der Waals surface area contributed by atoms with Crippen LogP contribution in [0.4, 0.5) is 5.69 Å². The number of hydrogen-bond donors (Lipinski definition) is 5. The Labute approximate surface area is 206 Å². The topological polar surface area (TPSA) is 179 Å². The first-order valence-corrected chi connectivity index (χ1v) is 12.3. The molecular formula is C23H25N5O7S. The largest absolute Gasteiger partial charge is 0.494 e. The minimum Gasteiger partial charge on any atom is -0.494 e. The minimum atomic E-state index is -4.29. The van der Waals surface area contributed by atoms with Crippen molar-refractivity contribution in [1.29, 1.82) is 0 Å². The van der Waals surface area contributed by atoms with Crippen LogP contribution in [0.3, 0.4) is 0 Å². The summed E-state index contributed by atoms with van der Waals surface area (Å²) in [6.45, 7) is 4.77. The first-order chi connectivity index (χ1) is 17.0. The van der Waals surface area contributed by atoms with E-state index in [1.807, 2.05) is 4.98 Å². The molecule has 190 valence electrons. The lowest BCUT2D eigenvalue weighted by Crippen LogP contribution is -2.41. The maximum absolute atomic E-state index is 12.4. The van der Waals surface area contributed by atoms with Crippen LogP contribution < -0.4 is 31.6 Å². The Morgan fingerprint density at radius 2 is 1.47 bits per heavy atom. The van der Waals surface area contributed by atoms with Crippen molar-refractivity contribution in [2.24, 2.45) is 5.92 Å². The second-order valence-corrected chi connectivity index (χ2v) is 9.73. The molecule has 0 bridgehead atoms. The number of hydrazine groups is 1. The Kier molecular flexibility index (Phi) is 8.27. The summed E-state index contributed by atoms with van der Waals surface area (Å²) in [6, 6.07) is 11.7. The Hall–Kier alpha value is -4.39. The lowest BCUT2D eigenvalue weighted by Gasteiger charge is -2.10. The van der Waals surface area contributed by atoms with Crippen LogP contribution in [0.25, 0.3) is 0 Å². The fourth-order valence-electron chi connectivity index (χ4n) is 2.87. The molecule has 0 spiro atoms. The van der Waals surface area contributed by atoms with Crippen LogP contribution in [0.5, 0.6) is 5.75 Å². The number of sulfonamides is 1. The summed E-state index contributed by atoms with van der Waals surface area (Å²) in [5.41, 5.74) is 3.17. The van der Waals surface area contributed by atoms with Gasteiger partial charge >= 0.3 is 5.69 Å². The van der Waals surface area contributed by atoms with Crippen LogP contribution in [0.15, 0.2) is 69.2 Å². The van der Waals surface area contributed by atoms with E-state index >= 15 is 0 Å². The number of aromatic nitrogens is 2. The van der Waals surface area contributed by atoms with Crippen LogP contribution in [0.1, 0.15) is 41.0 Å². The van der Waals surface area contributed by atoms with Crippen molar-refractivity contribution in [3.8, 4) is 5.75 Å². The van der Waals surface area contributed by atoms with Gasteiger partial charge in [0.15, 0.2) is 4.90 Å². The van der Waals surface area contributed by atoms with Crippen molar-refractivity contribution in [3.63, 3.8) is 0 Å². The Bertz CT molecular complexity index is 1440. The van der Waals surface area contributed by atoms with Gasteiger partial charge in [-0.15, -0.1) is 0 Å². The third kappa shape index (κ3) is 7.06. The fourth-order valence-corrected chi connectivity index (χ4v) is 3.94. The average molecular weight is 516 g/mol. The zero-order valence-electron chi connectivity index (χ0n) is 19.5. The Balaban J connectivity index is 1.55. The molecule has 0 atom stereocenters. The van der Waals surface area contributed by atoms with E-state index in [0.717, 1.165) is 12.6 Å². The number of benzene rings is 2. The van der Waals surface area contributed by atoms with Crippen molar-refractivity contribution < 1.29 is 22.7 Å². The van der Waals surface area contributed by atoms with Gasteiger partial charge in [-0.3, -0.25) is 34.9 Å². The standard InChI is InChI=1S/C23H25N5O7S/c1-14(2)11-12-35-18-9-5-16(6-10-18)21(30)27-26-20(29)15-3-7-17(8-4-15)28-36(33,34)19-13-24-23(32)25-22(19)31/h3-10,13-14,28H,11-12H2,1-2H3,(H,26,29)(H,27,30)(H2,24,25,31,32). The van der Waals surface area contributed by atoms with Crippen LogP contribution in [0, 0.1) is 5.92 Å². The number of rotatable bonds is 9. The molecule has 3 rings (SSSR count). The molecule has 0 radical (unpaired) electrons. The minimum absolute atomic E-state index is 0.0666. The van der Waals surface area contributed by atoms with Gasteiger partial charge in [0.25, 0.3) is 27.4 Å². The molecule has 0 fully saturated rings. The lowest BCUT2D eigenvalue weighted by atomic mass is 10.1. The number of nitrogens with one attached hydrogen (secondary N) is 5. The molecule has 12 nitrogen and oxygen atoms in total. The third-order valence-electron chi connectivity index (χ3n) is 4.84. The van der Waals surface area contributed by atoms with Crippen LogP contribution >= 0.6 is 0 Å². The van der Waals surface area contributed by atoms with Gasteiger partial charge in [-0.25, -0.2) is 13.2 Å². The molecule has 1 aromatic heterocycles. The van der Waals surface area contributed by atoms with Crippen LogP contribution in [-0.4, -0.2) is 36.8 Å². The summed E-state index contributed by atoms with van der Waals surface area (Å²) in [7, 11) is -4.29. The van der Waals surface area contributed by atoms with Gasteiger partial charge in [0.2, 0.25) is 0 Å². The molecule has 5 N–H and O–H groups in total. The second kappa shape index (κ2) is 11.4. The van der Waals surface area contributed by atoms with E-state index in [-0.39, 0.29) is 11.3 Å². The third-order valence-corrected chi connectivity index (χ3v) is 6.23. The van der Waals surface area contributed by atoms with Gasteiger partial charge in [-0.05, 0) is 60.9 Å². The Morgan fingerprint density at radius 3 is 2.00 bits per heavy atom. The lowest BCUT2D eigenvalue weighted by molar-refractivity contribution is 0.0846. The van der Waals surface area contributed by atoms with Crippen molar-refractivity contribution in [1.82, 2.24) is 20.8 Å². The summed E-state index contributed by atoms with van der Waals surface area (Å²) in [5.74, 6) is -0.0135. The molecule has 0 aliphatic rings. The number of carbonyl (C=O) groups excluding carboxylic acids is 2. The number of hydrogen-bond acceptors (Lipinski definition) is 7. The quantitative estimate of drug-likeness (QED) is 0.267. The first-order valence-electron chi connectivity index (χ1n) is 10.8. The summed E-state index contributed by atoms with van der Waals surface area (Å²) in [6.07, 6.45) is 1.69. The van der Waals surface area contributed by atoms with E-state index in [4.69, 9.17) is 4.74 Å². The molecule has 0 aliphatic carbocycles. The van der Waals surface area contributed by atoms with Crippen molar-refractivity contribution in [2.45, 2.75) is 25.2 Å². The number of amides is 2. The average Bonchev–Trinajstić information content (AvgIpc) is 2.82. The SMILES string of the molecule is CC(C)CCOc1ccc(C(=O)NNC(=O)c2ccc(NS(=O)(=O)c3c[nH]c(=O)[nH]c3=O)cc2)cc1. The van der Waals surface area contributed by atoms with E-state index in [0.29, 0.717) is 23.8 Å². The molecule has 3 aromatic rings. The highest BCUT2D eigenvalue weighted by molar-refractivity contribution is 7.92. The number of ether oxygens (including phenoxy) is 1. The molecule has 0 unspecified atom stereocenters. The van der Waals surface area contributed by atoms with E-state index in [2.05, 4.69) is 34.4 Å². The molecule has 2 amide bonds. The van der Waals surface area contributed by atoms with Gasteiger partial charge in [0.1, 0.15) is 5.75 Å². The highest BCUT2D eigenvalue weighted by Crippen LogP contribution is 2.15. The van der Waals surface area contributed by atoms with Gasteiger partial charge in [0.05, 0.1) is 6.61 Å². The monoisotopic (exact) mass is 515 g/mol. The maximum atomic E-state index is 12.4. The van der Waals surface area contributed by atoms with E-state index in [1.54, 1.807) is 24.3 Å². The zero-order chi connectivity index (χ0) is 26.3. The molecule has 0 saturated heterocycles. The van der Waals surface area contributed by atoms with Gasteiger partial charge in [-0.2, -0.15) is 0 Å². The van der Waals surface area contributed by atoms with E-state index < -0.39 is 38.0 Å². The number of carbonyl (C=O) groups is 2. The van der Waals surface area contributed by atoms with E-state index in [1.165, 1.54) is 24.3 Å². The van der Waals surface area contributed by atoms with Crippen molar-refractivity contribution in [2.75, 3.05) is 11.3 Å². The predicted molar refractivity (Wildman–Crippen MR) is 131 cm³/mol. The molecule has 1 heterocycles. The fraction of sp³-hybridized carbons (Fsp3) is 0.217. The smallest absolute Gasteiger partial charge is 0.325 e. The summed E-state index contributed by atoms with van der Waals surface area (Å²) in [4.78, 5) is 50.7. The highest BCUT2D eigenvalue weighted by atomic mass is 32.2.